The standard InChI is InChI=1S/C18H15OP/c1-4-10-16(11-5-1)19-20(17-12-6-2-7-13-17)18-14-8-3-9-15-18/h1-15H. The highest BCUT2D eigenvalue weighted by Gasteiger charge is 2.16. The molecule has 3 aromatic carbocycles. The summed E-state index contributed by atoms with van der Waals surface area (Å²) < 4.78 is 6.25. The van der Waals surface area contributed by atoms with Gasteiger partial charge in [-0.05, 0) is 12.1 Å². The van der Waals surface area contributed by atoms with Crippen molar-refractivity contribution in [2.45, 2.75) is 0 Å². The highest BCUT2D eigenvalue weighted by molar-refractivity contribution is 7.68. The van der Waals surface area contributed by atoms with Crippen molar-refractivity contribution in [1.82, 2.24) is 0 Å². The summed E-state index contributed by atoms with van der Waals surface area (Å²) in [4.78, 5) is 0. The Balaban J connectivity index is 1.96. The van der Waals surface area contributed by atoms with E-state index in [1.807, 2.05) is 42.5 Å². The lowest BCUT2D eigenvalue weighted by Gasteiger charge is -2.19. The molecule has 0 aliphatic carbocycles. The lowest BCUT2D eigenvalue weighted by Crippen LogP contribution is -2.15. The first-order valence-electron chi connectivity index (χ1n) is 6.57. The first-order chi connectivity index (χ1) is 9.93. The molecule has 1 nitrogen and oxygen atoms in total. The van der Waals surface area contributed by atoms with Crippen LogP contribution in [0.3, 0.4) is 0 Å². The van der Waals surface area contributed by atoms with Crippen molar-refractivity contribution < 1.29 is 4.52 Å². The van der Waals surface area contributed by atoms with Gasteiger partial charge in [0.1, 0.15) is 5.75 Å². The van der Waals surface area contributed by atoms with Crippen LogP contribution in [0.1, 0.15) is 0 Å². The molecule has 0 fully saturated rings. The second-order valence-electron chi connectivity index (χ2n) is 4.37. The van der Waals surface area contributed by atoms with Crippen molar-refractivity contribution >= 4 is 18.8 Å². The maximum atomic E-state index is 6.25. The molecular formula is C18H15OP. The van der Waals surface area contributed by atoms with Gasteiger partial charge in [0.05, 0.1) is 0 Å². The lowest BCUT2D eigenvalue weighted by atomic mass is 10.3. The van der Waals surface area contributed by atoms with Crippen molar-refractivity contribution in [2.24, 2.45) is 0 Å². The van der Waals surface area contributed by atoms with E-state index in [4.69, 9.17) is 4.52 Å². The summed E-state index contributed by atoms with van der Waals surface area (Å²) in [5, 5.41) is 2.44. The fourth-order valence-electron chi connectivity index (χ4n) is 1.97. The number of benzene rings is 3. The summed E-state index contributed by atoms with van der Waals surface area (Å²) in [6.45, 7) is 0. The Kier molecular flexibility index (Phi) is 4.10. The summed E-state index contributed by atoms with van der Waals surface area (Å²) in [5.74, 6) is 0.909. The van der Waals surface area contributed by atoms with Crippen LogP contribution in [0.2, 0.25) is 0 Å². The van der Waals surface area contributed by atoms with Crippen LogP contribution in [0.15, 0.2) is 91.0 Å². The van der Waals surface area contributed by atoms with Crippen LogP contribution in [-0.2, 0) is 0 Å². The van der Waals surface area contributed by atoms with E-state index in [2.05, 4.69) is 48.5 Å². The van der Waals surface area contributed by atoms with Gasteiger partial charge in [0.25, 0.3) is 0 Å². The molecule has 2 heteroatoms. The second kappa shape index (κ2) is 6.36. The van der Waals surface area contributed by atoms with Crippen LogP contribution in [0.4, 0.5) is 0 Å². The fraction of sp³-hybridized carbons (Fsp3) is 0. The van der Waals surface area contributed by atoms with E-state index >= 15 is 0 Å². The normalized spacial score (nSPS) is 10.4. The molecular weight excluding hydrogens is 263 g/mol. The number of hydrogen-bond acceptors (Lipinski definition) is 1. The second-order valence-corrected chi connectivity index (χ2v) is 6.17. The topological polar surface area (TPSA) is 9.23 Å². The van der Waals surface area contributed by atoms with Crippen LogP contribution in [0.5, 0.6) is 5.75 Å². The van der Waals surface area contributed by atoms with Crippen LogP contribution in [0.25, 0.3) is 0 Å². The van der Waals surface area contributed by atoms with Gasteiger partial charge in [0.15, 0.2) is 8.15 Å². The van der Waals surface area contributed by atoms with Gasteiger partial charge in [-0.15, -0.1) is 0 Å². The molecule has 0 atom stereocenters. The summed E-state index contributed by atoms with van der Waals surface area (Å²) in [6, 6.07) is 30.8. The monoisotopic (exact) mass is 278 g/mol. The predicted molar refractivity (Wildman–Crippen MR) is 86.1 cm³/mol. The Hall–Kier alpha value is -2.11. The quantitative estimate of drug-likeness (QED) is 0.652. The Labute approximate surface area is 120 Å². The van der Waals surface area contributed by atoms with Crippen molar-refractivity contribution in [3.63, 3.8) is 0 Å². The molecule has 0 N–H and O–H groups in total. The molecule has 98 valence electrons. The highest BCUT2D eigenvalue weighted by atomic mass is 31.1. The van der Waals surface area contributed by atoms with Crippen LogP contribution in [-0.4, -0.2) is 0 Å². The number of hydrogen-bond donors (Lipinski definition) is 0. The third-order valence-electron chi connectivity index (χ3n) is 2.92. The summed E-state index contributed by atoms with van der Waals surface area (Å²) in [6.07, 6.45) is 0. The largest absolute Gasteiger partial charge is 0.464 e. The minimum absolute atomic E-state index is 0.827. The average Bonchev–Trinajstić information content (AvgIpc) is 2.55. The molecule has 20 heavy (non-hydrogen) atoms. The Morgan fingerprint density at radius 1 is 0.500 bits per heavy atom. The van der Waals surface area contributed by atoms with Crippen molar-refractivity contribution in [3.8, 4) is 5.75 Å². The molecule has 0 unspecified atom stereocenters. The van der Waals surface area contributed by atoms with E-state index in [1.165, 1.54) is 10.6 Å². The van der Waals surface area contributed by atoms with Crippen LogP contribution < -0.4 is 15.1 Å². The average molecular weight is 278 g/mol. The van der Waals surface area contributed by atoms with Gasteiger partial charge >= 0.3 is 0 Å². The van der Waals surface area contributed by atoms with E-state index in [0.29, 0.717) is 0 Å². The molecule has 0 aromatic heterocycles. The molecule has 3 aromatic rings. The van der Waals surface area contributed by atoms with E-state index in [9.17, 15) is 0 Å². The molecule has 0 heterocycles. The molecule has 0 aliphatic heterocycles. The zero-order chi connectivity index (χ0) is 13.6. The lowest BCUT2D eigenvalue weighted by molar-refractivity contribution is 0.630. The zero-order valence-corrected chi connectivity index (χ0v) is 11.9. The van der Waals surface area contributed by atoms with Crippen LogP contribution in [0, 0.1) is 0 Å². The molecule has 0 bridgehead atoms. The number of rotatable bonds is 4. The third-order valence-corrected chi connectivity index (χ3v) is 4.85. The molecule has 0 saturated heterocycles. The minimum Gasteiger partial charge on any atom is -0.464 e. The molecule has 0 aliphatic rings. The van der Waals surface area contributed by atoms with E-state index in [1.54, 1.807) is 0 Å². The zero-order valence-electron chi connectivity index (χ0n) is 11.0. The maximum absolute atomic E-state index is 6.25. The maximum Gasteiger partial charge on any atom is 0.150 e. The van der Waals surface area contributed by atoms with Gasteiger partial charge in [-0.1, -0.05) is 78.9 Å². The van der Waals surface area contributed by atoms with Gasteiger partial charge in [0.2, 0.25) is 0 Å². The SMILES string of the molecule is c1ccc(OP(c2ccccc2)c2ccccc2)cc1. The highest BCUT2D eigenvalue weighted by Crippen LogP contribution is 2.36. The molecule has 3 rings (SSSR count). The number of para-hydroxylation sites is 1. The summed E-state index contributed by atoms with van der Waals surface area (Å²) >= 11 is 0. The van der Waals surface area contributed by atoms with Crippen molar-refractivity contribution in [3.05, 3.63) is 91.0 Å². The van der Waals surface area contributed by atoms with Gasteiger partial charge in [-0.3, -0.25) is 0 Å². The molecule has 0 amide bonds. The first kappa shape index (κ1) is 12.9. The van der Waals surface area contributed by atoms with Crippen molar-refractivity contribution in [2.75, 3.05) is 0 Å². The third kappa shape index (κ3) is 3.07. The van der Waals surface area contributed by atoms with E-state index in [0.717, 1.165) is 5.75 Å². The fourth-order valence-corrected chi connectivity index (χ4v) is 3.70. The van der Waals surface area contributed by atoms with E-state index < -0.39 is 8.15 Å². The predicted octanol–water partition coefficient (Wildman–Crippen LogP) is 4.11. The van der Waals surface area contributed by atoms with E-state index in [-0.39, 0.29) is 0 Å². The smallest absolute Gasteiger partial charge is 0.150 e. The van der Waals surface area contributed by atoms with Crippen molar-refractivity contribution in [1.29, 1.82) is 0 Å². The van der Waals surface area contributed by atoms with Crippen LogP contribution >= 0.6 is 8.15 Å². The Bertz CT molecular complexity index is 599. The van der Waals surface area contributed by atoms with Gasteiger partial charge in [-0.25, -0.2) is 0 Å². The summed E-state index contributed by atoms with van der Waals surface area (Å²) in [7, 11) is -0.827. The Morgan fingerprint density at radius 3 is 1.35 bits per heavy atom. The molecule has 0 saturated carbocycles. The Morgan fingerprint density at radius 2 is 0.900 bits per heavy atom. The minimum atomic E-state index is -0.827. The van der Waals surface area contributed by atoms with Gasteiger partial charge in [-0.2, -0.15) is 0 Å². The van der Waals surface area contributed by atoms with Gasteiger partial charge < -0.3 is 4.52 Å². The van der Waals surface area contributed by atoms with Gasteiger partial charge in [0, 0.05) is 10.6 Å². The molecule has 0 spiro atoms. The summed E-state index contributed by atoms with van der Waals surface area (Å²) in [5.41, 5.74) is 0. The first-order valence-corrected chi connectivity index (χ1v) is 7.83. The molecule has 0 radical (unpaired) electrons.